The van der Waals surface area contributed by atoms with Crippen molar-refractivity contribution in [1.82, 2.24) is 5.32 Å². The molecular formula is C15H22N2O3. The molecule has 2 rings (SSSR count). The number of carbonyl (C=O) groups is 1. The highest BCUT2D eigenvalue weighted by Crippen LogP contribution is 2.19. The molecule has 20 heavy (non-hydrogen) atoms. The van der Waals surface area contributed by atoms with Gasteiger partial charge in [0.1, 0.15) is 6.10 Å². The molecule has 1 fully saturated rings. The number of nitrogens with two attached hydrogens (primary N) is 1. The summed E-state index contributed by atoms with van der Waals surface area (Å²) in [5, 5.41) is 2.90. The van der Waals surface area contributed by atoms with Crippen LogP contribution in [0.4, 0.5) is 0 Å². The Labute approximate surface area is 119 Å². The molecule has 0 radical (unpaired) electrons. The van der Waals surface area contributed by atoms with Crippen LogP contribution in [0.3, 0.4) is 0 Å². The number of hydrogen-bond donors (Lipinski definition) is 2. The Kier molecular flexibility index (Phi) is 5.52. The topological polar surface area (TPSA) is 73.6 Å². The Morgan fingerprint density at radius 2 is 2.05 bits per heavy atom. The van der Waals surface area contributed by atoms with E-state index in [9.17, 15) is 4.79 Å². The molecule has 5 heteroatoms. The second kappa shape index (κ2) is 7.38. The van der Waals surface area contributed by atoms with Crippen LogP contribution in [0.25, 0.3) is 0 Å². The molecule has 0 unspecified atom stereocenters. The summed E-state index contributed by atoms with van der Waals surface area (Å²) >= 11 is 0. The number of amides is 1. The standard InChI is InChI=1S/C15H22N2O3/c1-19-10-12-4-2-11(3-5-12)9-17-15(18)14-7-6-13(8-16)20-14/h2-5,13-14H,6-10,16H2,1H3,(H,17,18)/t13-,14+/m1/s1. The summed E-state index contributed by atoms with van der Waals surface area (Å²) in [6.07, 6.45) is 1.29. The number of methoxy groups -OCH3 is 1. The zero-order chi connectivity index (χ0) is 14.4. The van der Waals surface area contributed by atoms with E-state index >= 15 is 0 Å². The first-order valence-electron chi connectivity index (χ1n) is 6.93. The van der Waals surface area contributed by atoms with Crippen molar-refractivity contribution in [3.8, 4) is 0 Å². The Morgan fingerprint density at radius 3 is 2.65 bits per heavy atom. The minimum Gasteiger partial charge on any atom is -0.380 e. The van der Waals surface area contributed by atoms with E-state index in [1.54, 1.807) is 7.11 Å². The van der Waals surface area contributed by atoms with Crippen LogP contribution in [0.2, 0.25) is 0 Å². The normalized spacial score (nSPS) is 21.9. The van der Waals surface area contributed by atoms with Gasteiger partial charge in [0.2, 0.25) is 5.91 Å². The minimum atomic E-state index is -0.351. The third-order valence-corrected chi connectivity index (χ3v) is 3.46. The highest BCUT2D eigenvalue weighted by atomic mass is 16.5. The van der Waals surface area contributed by atoms with E-state index in [1.165, 1.54) is 0 Å². The Balaban J connectivity index is 1.78. The van der Waals surface area contributed by atoms with Crippen molar-refractivity contribution in [3.63, 3.8) is 0 Å². The summed E-state index contributed by atoms with van der Waals surface area (Å²) < 4.78 is 10.6. The molecule has 0 bridgehead atoms. The van der Waals surface area contributed by atoms with Gasteiger partial charge in [-0.3, -0.25) is 4.79 Å². The van der Waals surface area contributed by atoms with Crippen molar-refractivity contribution < 1.29 is 14.3 Å². The van der Waals surface area contributed by atoms with Crippen LogP contribution in [0.1, 0.15) is 24.0 Å². The SMILES string of the molecule is COCc1ccc(CNC(=O)[C@@H]2CC[C@H](CN)O2)cc1. The van der Waals surface area contributed by atoms with Gasteiger partial charge in [-0.05, 0) is 24.0 Å². The van der Waals surface area contributed by atoms with Crippen LogP contribution in [0.15, 0.2) is 24.3 Å². The number of carbonyl (C=O) groups excluding carboxylic acids is 1. The summed E-state index contributed by atoms with van der Waals surface area (Å²) in [5.41, 5.74) is 7.71. The molecule has 5 nitrogen and oxygen atoms in total. The molecule has 1 saturated heterocycles. The second-order valence-electron chi connectivity index (χ2n) is 5.03. The molecule has 110 valence electrons. The van der Waals surface area contributed by atoms with Crippen molar-refractivity contribution in [2.45, 2.75) is 38.2 Å². The van der Waals surface area contributed by atoms with Gasteiger partial charge in [-0.25, -0.2) is 0 Å². The van der Waals surface area contributed by atoms with Gasteiger partial charge in [-0.1, -0.05) is 24.3 Å². The summed E-state index contributed by atoms with van der Waals surface area (Å²) in [7, 11) is 1.67. The quantitative estimate of drug-likeness (QED) is 0.812. The first-order valence-corrected chi connectivity index (χ1v) is 6.93. The Bertz CT molecular complexity index is 433. The van der Waals surface area contributed by atoms with E-state index in [0.717, 1.165) is 24.0 Å². The van der Waals surface area contributed by atoms with Crippen LogP contribution < -0.4 is 11.1 Å². The lowest BCUT2D eigenvalue weighted by atomic mass is 10.1. The molecule has 0 aliphatic carbocycles. The Hall–Kier alpha value is -1.43. The molecule has 0 spiro atoms. The zero-order valence-electron chi connectivity index (χ0n) is 11.8. The van der Waals surface area contributed by atoms with E-state index in [4.69, 9.17) is 15.2 Å². The smallest absolute Gasteiger partial charge is 0.249 e. The maximum absolute atomic E-state index is 12.0. The maximum Gasteiger partial charge on any atom is 0.249 e. The minimum absolute atomic E-state index is 0.0269. The number of rotatable bonds is 6. The molecule has 1 heterocycles. The lowest BCUT2D eigenvalue weighted by Gasteiger charge is -2.13. The monoisotopic (exact) mass is 278 g/mol. The molecule has 1 aliphatic heterocycles. The van der Waals surface area contributed by atoms with Gasteiger partial charge in [0.25, 0.3) is 0 Å². The van der Waals surface area contributed by atoms with E-state index in [1.807, 2.05) is 24.3 Å². The van der Waals surface area contributed by atoms with Crippen molar-refractivity contribution in [1.29, 1.82) is 0 Å². The first-order chi connectivity index (χ1) is 9.72. The van der Waals surface area contributed by atoms with E-state index in [-0.39, 0.29) is 18.1 Å². The van der Waals surface area contributed by atoms with Crippen LogP contribution in [-0.2, 0) is 27.4 Å². The maximum atomic E-state index is 12.0. The molecule has 1 aromatic carbocycles. The van der Waals surface area contributed by atoms with Gasteiger partial charge in [0.15, 0.2) is 0 Å². The fourth-order valence-corrected chi connectivity index (χ4v) is 2.29. The lowest BCUT2D eigenvalue weighted by molar-refractivity contribution is -0.132. The van der Waals surface area contributed by atoms with Gasteiger partial charge in [-0.15, -0.1) is 0 Å². The zero-order valence-corrected chi connectivity index (χ0v) is 11.8. The Morgan fingerprint density at radius 1 is 1.35 bits per heavy atom. The fraction of sp³-hybridized carbons (Fsp3) is 0.533. The van der Waals surface area contributed by atoms with E-state index in [2.05, 4.69) is 5.32 Å². The number of benzene rings is 1. The van der Waals surface area contributed by atoms with Gasteiger partial charge < -0.3 is 20.5 Å². The van der Waals surface area contributed by atoms with Crippen molar-refractivity contribution in [2.75, 3.05) is 13.7 Å². The van der Waals surface area contributed by atoms with Crippen molar-refractivity contribution >= 4 is 5.91 Å². The van der Waals surface area contributed by atoms with Gasteiger partial charge in [0.05, 0.1) is 12.7 Å². The van der Waals surface area contributed by atoms with Gasteiger partial charge in [0, 0.05) is 20.2 Å². The highest BCUT2D eigenvalue weighted by Gasteiger charge is 2.29. The molecule has 0 aromatic heterocycles. The van der Waals surface area contributed by atoms with Crippen LogP contribution in [0, 0.1) is 0 Å². The number of hydrogen-bond acceptors (Lipinski definition) is 4. The predicted molar refractivity (Wildman–Crippen MR) is 76.0 cm³/mol. The highest BCUT2D eigenvalue weighted by molar-refractivity contribution is 5.81. The summed E-state index contributed by atoms with van der Waals surface area (Å²) in [6.45, 7) is 1.59. The molecular weight excluding hydrogens is 256 g/mol. The molecule has 1 aliphatic rings. The second-order valence-corrected chi connectivity index (χ2v) is 5.03. The van der Waals surface area contributed by atoms with E-state index < -0.39 is 0 Å². The number of ether oxygens (including phenoxy) is 2. The third kappa shape index (κ3) is 4.03. The van der Waals surface area contributed by atoms with Gasteiger partial charge in [-0.2, -0.15) is 0 Å². The van der Waals surface area contributed by atoms with Crippen LogP contribution in [-0.4, -0.2) is 31.8 Å². The largest absolute Gasteiger partial charge is 0.380 e. The average Bonchev–Trinajstić information content (AvgIpc) is 2.95. The summed E-state index contributed by atoms with van der Waals surface area (Å²) in [4.78, 5) is 12.0. The first kappa shape index (κ1) is 15.0. The molecule has 3 N–H and O–H groups in total. The van der Waals surface area contributed by atoms with Crippen molar-refractivity contribution in [3.05, 3.63) is 35.4 Å². The number of nitrogens with one attached hydrogen (secondary N) is 1. The van der Waals surface area contributed by atoms with Gasteiger partial charge >= 0.3 is 0 Å². The molecule has 1 amide bonds. The summed E-state index contributed by atoms with van der Waals surface area (Å²) in [5.74, 6) is -0.0538. The van der Waals surface area contributed by atoms with Crippen LogP contribution >= 0.6 is 0 Å². The molecule has 2 atom stereocenters. The average molecular weight is 278 g/mol. The third-order valence-electron chi connectivity index (χ3n) is 3.46. The van der Waals surface area contributed by atoms with E-state index in [0.29, 0.717) is 19.7 Å². The summed E-state index contributed by atoms with van der Waals surface area (Å²) in [6, 6.07) is 7.99. The lowest BCUT2D eigenvalue weighted by Crippen LogP contribution is -2.35. The van der Waals surface area contributed by atoms with Crippen LogP contribution in [0.5, 0.6) is 0 Å². The molecule has 0 saturated carbocycles. The molecule has 1 aromatic rings. The predicted octanol–water partition coefficient (Wildman–Crippen LogP) is 0.956. The van der Waals surface area contributed by atoms with Crippen molar-refractivity contribution in [2.24, 2.45) is 5.73 Å². The fourth-order valence-electron chi connectivity index (χ4n) is 2.29.